The molecule has 0 atom stereocenters. The van der Waals surface area contributed by atoms with E-state index < -0.39 is 5.60 Å². The molecule has 1 aromatic heterocycles. The first-order chi connectivity index (χ1) is 6.89. The minimum atomic E-state index is -0.854. The monoisotopic (exact) mass is 224 g/mol. The van der Waals surface area contributed by atoms with Crippen LogP contribution in [0, 0.1) is 0 Å². The van der Waals surface area contributed by atoms with Gasteiger partial charge in [0, 0.05) is 12.4 Å². The average Bonchev–Trinajstić information content (AvgIpc) is 2.41. The lowest BCUT2D eigenvalue weighted by molar-refractivity contribution is 0.0787. The fourth-order valence-electron chi connectivity index (χ4n) is 1.60. The van der Waals surface area contributed by atoms with Crippen LogP contribution in [0.25, 0.3) is 10.9 Å². The van der Waals surface area contributed by atoms with Crippen molar-refractivity contribution >= 4 is 22.5 Å². The number of hydrogen-bond donors (Lipinski definition) is 1. The lowest BCUT2D eigenvalue weighted by Gasteiger charge is -2.17. The van der Waals surface area contributed by atoms with Gasteiger partial charge in [0.2, 0.25) is 0 Å². The van der Waals surface area contributed by atoms with E-state index in [1.54, 1.807) is 18.5 Å². The number of aromatic nitrogens is 2. The van der Waals surface area contributed by atoms with Crippen molar-refractivity contribution in [2.24, 2.45) is 7.05 Å². The predicted octanol–water partition coefficient (Wildman–Crippen LogP) is 2.45. The number of hydrogen-bond acceptors (Lipinski definition) is 2. The third-order valence-corrected chi connectivity index (χ3v) is 2.79. The van der Waals surface area contributed by atoms with Gasteiger partial charge in [-0.2, -0.15) is 5.10 Å². The maximum absolute atomic E-state index is 9.88. The Hall–Kier alpha value is -1.06. The van der Waals surface area contributed by atoms with Crippen LogP contribution in [0.1, 0.15) is 19.4 Å². The van der Waals surface area contributed by atoms with E-state index in [9.17, 15) is 5.11 Å². The second kappa shape index (κ2) is 3.22. The largest absolute Gasteiger partial charge is 0.386 e. The van der Waals surface area contributed by atoms with Gasteiger partial charge in [-0.15, -0.1) is 0 Å². The van der Waals surface area contributed by atoms with Crippen LogP contribution in [-0.4, -0.2) is 14.9 Å². The van der Waals surface area contributed by atoms with Crippen LogP contribution in [0.2, 0.25) is 5.15 Å². The Balaban J connectivity index is 2.71. The Bertz CT molecular complexity index is 511. The molecular formula is C11H13ClN2O. The van der Waals surface area contributed by atoms with E-state index in [2.05, 4.69) is 5.10 Å². The summed E-state index contributed by atoms with van der Waals surface area (Å²) in [6.07, 6.45) is 0. The first-order valence-electron chi connectivity index (χ1n) is 4.75. The normalized spacial score (nSPS) is 12.3. The molecule has 2 rings (SSSR count). The van der Waals surface area contributed by atoms with Crippen LogP contribution in [0.5, 0.6) is 0 Å². The van der Waals surface area contributed by atoms with Gasteiger partial charge in [-0.05, 0) is 31.5 Å². The van der Waals surface area contributed by atoms with E-state index in [-0.39, 0.29) is 0 Å². The summed E-state index contributed by atoms with van der Waals surface area (Å²) in [5.74, 6) is 0. The maximum atomic E-state index is 9.88. The van der Waals surface area contributed by atoms with Crippen molar-refractivity contribution in [2.45, 2.75) is 19.4 Å². The molecule has 0 fully saturated rings. The first kappa shape index (κ1) is 10.5. The number of benzene rings is 1. The molecule has 15 heavy (non-hydrogen) atoms. The van der Waals surface area contributed by atoms with Gasteiger partial charge >= 0.3 is 0 Å². The van der Waals surface area contributed by atoms with Gasteiger partial charge in [-0.25, -0.2) is 0 Å². The highest BCUT2D eigenvalue weighted by Gasteiger charge is 2.17. The van der Waals surface area contributed by atoms with Crippen LogP contribution in [0.15, 0.2) is 18.2 Å². The number of halogens is 1. The van der Waals surface area contributed by atoms with Gasteiger partial charge < -0.3 is 5.11 Å². The lowest BCUT2D eigenvalue weighted by atomic mass is 9.97. The second-order valence-corrected chi connectivity index (χ2v) is 4.56. The summed E-state index contributed by atoms with van der Waals surface area (Å²) in [5.41, 5.74) is 0.950. The Morgan fingerprint density at radius 2 is 2.07 bits per heavy atom. The Morgan fingerprint density at radius 3 is 2.67 bits per heavy atom. The van der Waals surface area contributed by atoms with Gasteiger partial charge in [-0.3, -0.25) is 4.68 Å². The first-order valence-corrected chi connectivity index (χ1v) is 5.12. The topological polar surface area (TPSA) is 38.0 Å². The molecule has 1 aromatic carbocycles. The van der Waals surface area contributed by atoms with Crippen molar-refractivity contribution in [2.75, 3.05) is 0 Å². The second-order valence-electron chi connectivity index (χ2n) is 4.21. The standard InChI is InChI=1S/C11H13ClN2O/c1-11(2,15)7-4-5-9-8(6-7)10(12)13-14(9)3/h4-6,15H,1-3H3. The van der Waals surface area contributed by atoms with Crippen molar-refractivity contribution < 1.29 is 5.11 Å². The molecule has 0 amide bonds. The maximum Gasteiger partial charge on any atom is 0.158 e. The van der Waals surface area contributed by atoms with E-state index in [1.165, 1.54) is 0 Å². The van der Waals surface area contributed by atoms with E-state index in [0.717, 1.165) is 16.5 Å². The van der Waals surface area contributed by atoms with Gasteiger partial charge in [0.25, 0.3) is 0 Å². The van der Waals surface area contributed by atoms with Crippen LogP contribution < -0.4 is 0 Å². The molecular weight excluding hydrogens is 212 g/mol. The molecule has 0 bridgehead atoms. The van der Waals surface area contributed by atoms with Crippen molar-refractivity contribution in [3.8, 4) is 0 Å². The molecule has 0 aliphatic heterocycles. The number of nitrogens with zero attached hydrogens (tertiary/aromatic N) is 2. The summed E-state index contributed by atoms with van der Waals surface area (Å²) >= 11 is 5.99. The molecule has 80 valence electrons. The number of aliphatic hydroxyl groups is 1. The minimum absolute atomic E-state index is 0.471. The third-order valence-electron chi connectivity index (χ3n) is 2.51. The Kier molecular flexibility index (Phi) is 2.24. The predicted molar refractivity (Wildman–Crippen MR) is 61.0 cm³/mol. The summed E-state index contributed by atoms with van der Waals surface area (Å²) in [5, 5.41) is 15.3. The zero-order valence-corrected chi connectivity index (χ0v) is 9.71. The van der Waals surface area contributed by atoms with E-state index in [0.29, 0.717) is 5.15 Å². The number of fused-ring (bicyclic) bond motifs is 1. The Labute approximate surface area is 93.3 Å². The summed E-state index contributed by atoms with van der Waals surface area (Å²) in [7, 11) is 1.85. The summed E-state index contributed by atoms with van der Waals surface area (Å²) < 4.78 is 1.73. The molecule has 4 heteroatoms. The SMILES string of the molecule is Cn1nc(Cl)c2cc(C(C)(C)O)ccc21. The fraction of sp³-hybridized carbons (Fsp3) is 0.364. The van der Waals surface area contributed by atoms with Crippen molar-refractivity contribution in [3.63, 3.8) is 0 Å². The van der Waals surface area contributed by atoms with Gasteiger partial charge in [0.05, 0.1) is 11.1 Å². The highest BCUT2D eigenvalue weighted by molar-refractivity contribution is 6.34. The van der Waals surface area contributed by atoms with E-state index in [4.69, 9.17) is 11.6 Å². The third kappa shape index (κ3) is 1.73. The summed E-state index contributed by atoms with van der Waals surface area (Å²) in [4.78, 5) is 0. The molecule has 1 N–H and O–H groups in total. The molecule has 0 radical (unpaired) electrons. The molecule has 0 saturated heterocycles. The molecule has 0 spiro atoms. The number of aryl methyl sites for hydroxylation is 1. The lowest BCUT2D eigenvalue weighted by Crippen LogP contribution is -2.15. The van der Waals surface area contributed by atoms with E-state index >= 15 is 0 Å². The summed E-state index contributed by atoms with van der Waals surface area (Å²) in [6, 6.07) is 5.69. The molecule has 0 saturated carbocycles. The van der Waals surface area contributed by atoms with Crippen LogP contribution >= 0.6 is 11.6 Å². The van der Waals surface area contributed by atoms with Crippen molar-refractivity contribution in [1.82, 2.24) is 9.78 Å². The van der Waals surface area contributed by atoms with Crippen LogP contribution in [-0.2, 0) is 12.6 Å². The smallest absolute Gasteiger partial charge is 0.158 e. The molecule has 0 unspecified atom stereocenters. The molecule has 0 aliphatic carbocycles. The minimum Gasteiger partial charge on any atom is -0.386 e. The van der Waals surface area contributed by atoms with Crippen LogP contribution in [0.4, 0.5) is 0 Å². The Morgan fingerprint density at radius 1 is 1.40 bits per heavy atom. The molecule has 0 aliphatic rings. The van der Waals surface area contributed by atoms with Gasteiger partial charge in [0.1, 0.15) is 0 Å². The van der Waals surface area contributed by atoms with Gasteiger partial charge in [-0.1, -0.05) is 17.7 Å². The van der Waals surface area contributed by atoms with E-state index in [1.807, 2.05) is 25.2 Å². The van der Waals surface area contributed by atoms with Gasteiger partial charge in [0.15, 0.2) is 5.15 Å². The summed E-state index contributed by atoms with van der Waals surface area (Å²) in [6.45, 7) is 3.50. The highest BCUT2D eigenvalue weighted by atomic mass is 35.5. The number of rotatable bonds is 1. The van der Waals surface area contributed by atoms with Crippen molar-refractivity contribution in [1.29, 1.82) is 0 Å². The zero-order valence-electron chi connectivity index (χ0n) is 8.95. The fourth-order valence-corrected chi connectivity index (χ4v) is 1.87. The zero-order chi connectivity index (χ0) is 11.2. The molecule has 3 nitrogen and oxygen atoms in total. The highest BCUT2D eigenvalue weighted by Crippen LogP contribution is 2.28. The molecule has 2 aromatic rings. The average molecular weight is 225 g/mol. The quantitative estimate of drug-likeness (QED) is 0.808. The molecule has 1 heterocycles. The van der Waals surface area contributed by atoms with Crippen LogP contribution in [0.3, 0.4) is 0 Å². The van der Waals surface area contributed by atoms with Crippen molar-refractivity contribution in [3.05, 3.63) is 28.9 Å².